The van der Waals surface area contributed by atoms with E-state index in [1.807, 2.05) is 0 Å². The summed E-state index contributed by atoms with van der Waals surface area (Å²) in [4.78, 5) is 60.4. The Kier molecular flexibility index (Phi) is 9.30. The largest absolute Gasteiger partial charge is 0.477 e. The Labute approximate surface area is 249 Å². The fourth-order valence-corrected chi connectivity index (χ4v) is 5.85. The smallest absolute Gasteiger partial charge is 0.407 e. The maximum atomic E-state index is 13.1. The summed E-state index contributed by atoms with van der Waals surface area (Å²) in [6.07, 6.45) is 2.99. The number of aromatic nitrogens is 3. The Morgan fingerprint density at radius 2 is 2.00 bits per heavy atom. The van der Waals surface area contributed by atoms with Gasteiger partial charge in [0.1, 0.15) is 29.3 Å². The molecular weight excluding hydrogens is 588 g/mol. The summed E-state index contributed by atoms with van der Waals surface area (Å²) in [7, 11) is 0. The number of carbonyl (C=O) groups excluding carboxylic acids is 3. The lowest BCUT2D eigenvalue weighted by atomic mass is 10.0. The second kappa shape index (κ2) is 12.7. The highest BCUT2D eigenvalue weighted by Crippen LogP contribution is 2.40. The van der Waals surface area contributed by atoms with E-state index in [0.717, 1.165) is 17.1 Å². The summed E-state index contributed by atoms with van der Waals surface area (Å²) in [5, 5.41) is 18.6. The molecule has 2 aliphatic heterocycles. The van der Waals surface area contributed by atoms with Gasteiger partial charge in [-0.25, -0.2) is 14.2 Å². The molecule has 2 atom stereocenters. The third-order valence-corrected chi connectivity index (χ3v) is 7.74. The van der Waals surface area contributed by atoms with Crippen molar-refractivity contribution >= 4 is 58.0 Å². The Hall–Kier alpha value is -4.25. The summed E-state index contributed by atoms with van der Waals surface area (Å²) in [5.41, 5.74) is 6.02. The number of carboxylic acids is 1. The van der Waals surface area contributed by atoms with Gasteiger partial charge < -0.3 is 31.0 Å². The number of nitrogen functional groups attached to an aromatic ring is 1. The Balaban J connectivity index is 1.42. The maximum Gasteiger partial charge on any atom is 0.407 e. The molecule has 0 radical (unpaired) electrons. The van der Waals surface area contributed by atoms with Crippen LogP contribution in [0.1, 0.15) is 39.1 Å². The SMILES string of the molecule is CCON=C(C(=O)NC1C(=O)N2C(C(=O)O)=C(C[n+]3ccc(CNC(=O)OC(C)(C)C)cc3)CS[C@H]12)c1nsc(N)n1. The van der Waals surface area contributed by atoms with Gasteiger partial charge in [-0.05, 0) is 33.3 Å². The zero-order valence-corrected chi connectivity index (χ0v) is 25.0. The standard InChI is InChI=1S/C25H30N8O7S2/c1-5-39-30-15(18-29-23(26)42-31-18)19(34)28-16-20(35)33-17(22(36)37)14(12-41-21(16)33)11-32-8-6-13(7-9-32)10-27-24(38)40-25(2,3)4/h6-9,16,21H,5,10-12H2,1-4H3,(H4-,26,27,28,29,31,34,36,37,38)/p+1/t16?,21-/m1/s1. The van der Waals surface area contributed by atoms with E-state index >= 15 is 0 Å². The minimum absolute atomic E-state index is 0.0413. The first kappa shape index (κ1) is 30.7. The molecule has 17 heteroatoms. The lowest BCUT2D eigenvalue weighted by Crippen LogP contribution is -2.71. The van der Waals surface area contributed by atoms with Crippen LogP contribution in [0.25, 0.3) is 0 Å². The van der Waals surface area contributed by atoms with Crippen LogP contribution in [-0.2, 0) is 37.0 Å². The highest BCUT2D eigenvalue weighted by molar-refractivity contribution is 8.00. The van der Waals surface area contributed by atoms with E-state index in [2.05, 4.69) is 25.1 Å². The first-order valence-corrected chi connectivity index (χ1v) is 14.6. The minimum Gasteiger partial charge on any atom is -0.477 e. The number of rotatable bonds is 10. The van der Waals surface area contributed by atoms with E-state index in [1.54, 1.807) is 56.8 Å². The number of nitrogens with zero attached hydrogens (tertiary/aromatic N) is 5. The average molecular weight is 620 g/mol. The van der Waals surface area contributed by atoms with Gasteiger partial charge in [-0.1, -0.05) is 5.16 Å². The van der Waals surface area contributed by atoms with Crippen LogP contribution >= 0.6 is 23.3 Å². The monoisotopic (exact) mass is 619 g/mol. The van der Waals surface area contributed by atoms with E-state index in [0.29, 0.717) is 11.3 Å². The summed E-state index contributed by atoms with van der Waals surface area (Å²) >= 11 is 2.21. The Morgan fingerprint density at radius 3 is 2.60 bits per heavy atom. The molecule has 0 aliphatic carbocycles. The molecule has 0 bridgehead atoms. The number of ether oxygens (including phenoxy) is 1. The van der Waals surface area contributed by atoms with Gasteiger partial charge in [-0.15, -0.1) is 11.8 Å². The normalized spacial score (nSPS) is 18.6. The van der Waals surface area contributed by atoms with Crippen molar-refractivity contribution < 1.29 is 38.4 Å². The molecule has 2 aromatic rings. The third-order valence-electron chi connectivity index (χ3n) is 5.86. The second-order valence-corrected chi connectivity index (χ2v) is 12.1. The van der Waals surface area contributed by atoms with Crippen molar-refractivity contribution in [2.45, 2.75) is 57.8 Å². The predicted molar refractivity (Wildman–Crippen MR) is 152 cm³/mol. The first-order valence-electron chi connectivity index (χ1n) is 12.8. The molecule has 42 heavy (non-hydrogen) atoms. The molecule has 1 saturated heterocycles. The second-order valence-electron chi connectivity index (χ2n) is 10.2. The van der Waals surface area contributed by atoms with E-state index in [1.165, 1.54) is 16.7 Å². The van der Waals surface area contributed by atoms with Crippen LogP contribution in [0.15, 0.2) is 41.0 Å². The number of hydrogen-bond donors (Lipinski definition) is 4. The van der Waals surface area contributed by atoms with Crippen molar-refractivity contribution in [3.05, 3.63) is 47.2 Å². The third kappa shape index (κ3) is 7.14. The molecule has 0 saturated carbocycles. The first-order chi connectivity index (χ1) is 19.9. The van der Waals surface area contributed by atoms with Gasteiger partial charge in [0, 0.05) is 41.5 Å². The predicted octanol–water partition coefficient (Wildman–Crippen LogP) is 0.612. The van der Waals surface area contributed by atoms with Crippen molar-refractivity contribution in [1.29, 1.82) is 0 Å². The van der Waals surface area contributed by atoms with Gasteiger partial charge in [0.15, 0.2) is 24.1 Å². The molecule has 2 aliphatic rings. The molecule has 5 N–H and O–H groups in total. The van der Waals surface area contributed by atoms with Crippen LogP contribution in [0, 0.1) is 0 Å². The summed E-state index contributed by atoms with van der Waals surface area (Å²) < 4.78 is 11.0. The van der Waals surface area contributed by atoms with E-state index in [-0.39, 0.29) is 42.1 Å². The van der Waals surface area contributed by atoms with Gasteiger partial charge in [0.05, 0.1) is 0 Å². The van der Waals surface area contributed by atoms with Crippen molar-refractivity contribution in [3.63, 3.8) is 0 Å². The lowest BCUT2D eigenvalue weighted by molar-refractivity contribution is -0.689. The number of oxime groups is 1. The van der Waals surface area contributed by atoms with Crippen LogP contribution in [0.4, 0.5) is 9.93 Å². The minimum atomic E-state index is -1.24. The quantitative estimate of drug-likeness (QED) is 0.126. The Bertz CT molecular complexity index is 1430. The van der Waals surface area contributed by atoms with E-state index in [4.69, 9.17) is 15.3 Å². The van der Waals surface area contributed by atoms with Crippen LogP contribution in [0.3, 0.4) is 0 Å². The molecule has 4 heterocycles. The van der Waals surface area contributed by atoms with Crippen LogP contribution in [-0.4, -0.2) is 78.3 Å². The number of β-lactam (4-membered cyclic amide) rings is 1. The van der Waals surface area contributed by atoms with Gasteiger partial charge in [0.25, 0.3) is 11.8 Å². The number of thioether (sulfide) groups is 1. The zero-order valence-electron chi connectivity index (χ0n) is 23.3. The summed E-state index contributed by atoms with van der Waals surface area (Å²) in [6, 6.07) is 2.61. The number of nitrogens with two attached hydrogens (primary N) is 1. The molecular formula is C25H31N8O7S2+. The molecule has 4 rings (SSSR count). The molecule has 1 unspecified atom stereocenters. The molecule has 2 aromatic heterocycles. The van der Waals surface area contributed by atoms with E-state index in [9.17, 15) is 24.3 Å². The number of nitrogens with one attached hydrogen (secondary N) is 2. The number of anilines is 1. The lowest BCUT2D eigenvalue weighted by Gasteiger charge is -2.49. The molecule has 224 valence electrons. The highest BCUT2D eigenvalue weighted by Gasteiger charge is 2.55. The molecule has 0 aromatic carbocycles. The average Bonchev–Trinajstić information content (AvgIpc) is 3.35. The molecule has 1 fully saturated rings. The van der Waals surface area contributed by atoms with Gasteiger partial charge in [-0.3, -0.25) is 14.5 Å². The van der Waals surface area contributed by atoms with Crippen molar-refractivity contribution in [2.75, 3.05) is 18.1 Å². The van der Waals surface area contributed by atoms with Gasteiger partial charge in [-0.2, -0.15) is 9.36 Å². The number of amides is 3. The number of alkyl carbamates (subject to hydrolysis) is 1. The van der Waals surface area contributed by atoms with Crippen molar-refractivity contribution in [3.8, 4) is 0 Å². The number of carbonyl (C=O) groups is 4. The Morgan fingerprint density at radius 1 is 1.29 bits per heavy atom. The number of fused-ring (bicyclic) bond motifs is 1. The number of aliphatic carboxylic acids is 1. The number of carboxylic acid groups (broad SMARTS) is 1. The summed E-state index contributed by atoms with van der Waals surface area (Å²) in [6.45, 7) is 7.69. The zero-order chi connectivity index (χ0) is 30.6. The summed E-state index contributed by atoms with van der Waals surface area (Å²) in [5.74, 6) is -2.27. The number of hydrogen-bond acceptors (Lipinski definition) is 12. The fourth-order valence-electron chi connectivity index (χ4n) is 4.08. The van der Waals surface area contributed by atoms with Crippen LogP contribution in [0.2, 0.25) is 0 Å². The molecule has 15 nitrogen and oxygen atoms in total. The topological polar surface area (TPSA) is 202 Å². The van der Waals surface area contributed by atoms with Crippen molar-refractivity contribution in [2.24, 2.45) is 5.16 Å². The maximum absolute atomic E-state index is 13.1. The van der Waals surface area contributed by atoms with Gasteiger partial charge in [0.2, 0.25) is 11.5 Å². The van der Waals surface area contributed by atoms with E-state index < -0.39 is 40.9 Å². The number of pyridine rings is 1. The van der Waals surface area contributed by atoms with Crippen LogP contribution < -0.4 is 20.9 Å². The fraction of sp³-hybridized carbons (Fsp3) is 0.440. The van der Waals surface area contributed by atoms with Crippen molar-refractivity contribution in [1.82, 2.24) is 24.9 Å². The molecule has 0 spiro atoms. The molecule has 3 amide bonds. The highest BCUT2D eigenvalue weighted by atomic mass is 32.2. The van der Waals surface area contributed by atoms with Crippen LogP contribution in [0.5, 0.6) is 0 Å². The van der Waals surface area contributed by atoms with Gasteiger partial charge >= 0.3 is 12.1 Å².